The fourth-order valence-corrected chi connectivity index (χ4v) is 4.67. The van der Waals surface area contributed by atoms with Crippen molar-refractivity contribution in [3.8, 4) is 11.3 Å². The van der Waals surface area contributed by atoms with E-state index in [0.717, 1.165) is 6.42 Å². The second-order valence-electron chi connectivity index (χ2n) is 8.56. The first-order chi connectivity index (χ1) is 12.3. The van der Waals surface area contributed by atoms with Gasteiger partial charge in [-0.3, -0.25) is 0 Å². The summed E-state index contributed by atoms with van der Waals surface area (Å²) in [4.78, 5) is 0. The number of rotatable bonds is 2. The van der Waals surface area contributed by atoms with Crippen molar-refractivity contribution >= 4 is 32.2 Å². The molecule has 0 atom stereocenters. The molecule has 2 heteroatoms. The summed E-state index contributed by atoms with van der Waals surface area (Å²) in [6.45, 7) is 9.12. The molecule has 0 aliphatic rings. The second-order valence-corrected chi connectivity index (χ2v) is 9.51. The zero-order valence-corrected chi connectivity index (χ0v) is 17.1. The van der Waals surface area contributed by atoms with Gasteiger partial charge in [0.25, 0.3) is 0 Å². The molecule has 2 aromatic carbocycles. The summed E-state index contributed by atoms with van der Waals surface area (Å²) in [5.74, 6) is 0. The molecule has 0 radical (unpaired) electrons. The van der Waals surface area contributed by atoms with Gasteiger partial charge in [-0.15, -0.1) is 11.3 Å². The van der Waals surface area contributed by atoms with Gasteiger partial charge in [0.1, 0.15) is 7.05 Å². The lowest BCUT2D eigenvalue weighted by molar-refractivity contribution is -0.659. The summed E-state index contributed by atoms with van der Waals surface area (Å²) in [5.41, 5.74) is 5.68. The molecule has 0 aliphatic heterocycles. The molecule has 0 saturated carbocycles. The zero-order valence-electron chi connectivity index (χ0n) is 16.3. The van der Waals surface area contributed by atoms with E-state index in [4.69, 9.17) is 0 Å². The Morgan fingerprint density at radius 3 is 2.54 bits per heavy atom. The van der Waals surface area contributed by atoms with E-state index in [1.54, 1.807) is 0 Å². The van der Waals surface area contributed by atoms with Crippen LogP contribution < -0.4 is 4.57 Å². The topological polar surface area (TPSA) is 3.88 Å². The van der Waals surface area contributed by atoms with Gasteiger partial charge < -0.3 is 0 Å². The number of hydrogen-bond donors (Lipinski definition) is 0. The highest BCUT2D eigenvalue weighted by Gasteiger charge is 2.19. The molecule has 2 aromatic heterocycles. The molecular weight excluding hydrogens is 334 g/mol. The highest BCUT2D eigenvalue weighted by atomic mass is 32.1. The maximum absolute atomic E-state index is 2.36. The molecule has 0 saturated heterocycles. The lowest BCUT2D eigenvalue weighted by Crippen LogP contribution is -2.30. The number of aryl methyl sites for hydroxylation is 2. The predicted molar refractivity (Wildman–Crippen MR) is 114 cm³/mol. The van der Waals surface area contributed by atoms with Crippen molar-refractivity contribution in [1.82, 2.24) is 0 Å². The Kier molecular flexibility index (Phi) is 4.11. The Morgan fingerprint density at radius 2 is 1.77 bits per heavy atom. The normalized spacial score (nSPS) is 12.2. The van der Waals surface area contributed by atoms with Gasteiger partial charge in [-0.25, -0.2) is 4.57 Å². The first-order valence-corrected chi connectivity index (χ1v) is 10.1. The van der Waals surface area contributed by atoms with Crippen LogP contribution in [0.2, 0.25) is 0 Å². The van der Waals surface area contributed by atoms with E-state index in [9.17, 15) is 0 Å². The van der Waals surface area contributed by atoms with Crippen LogP contribution in [0.3, 0.4) is 0 Å². The Balaban J connectivity index is 1.93. The van der Waals surface area contributed by atoms with Crippen molar-refractivity contribution in [1.29, 1.82) is 0 Å². The van der Waals surface area contributed by atoms with Crippen molar-refractivity contribution in [2.75, 3.05) is 0 Å². The number of nitrogens with zero attached hydrogens (tertiary/aromatic N) is 1. The number of fused-ring (bicyclic) bond motifs is 2. The lowest BCUT2D eigenvalue weighted by Gasteiger charge is -2.18. The monoisotopic (exact) mass is 360 g/mol. The summed E-state index contributed by atoms with van der Waals surface area (Å²) < 4.78 is 3.61. The van der Waals surface area contributed by atoms with Gasteiger partial charge in [0.2, 0.25) is 5.69 Å². The molecule has 0 unspecified atom stereocenters. The van der Waals surface area contributed by atoms with Gasteiger partial charge in [0, 0.05) is 10.8 Å². The molecular formula is C24H26NS+. The van der Waals surface area contributed by atoms with Crippen LogP contribution in [0.4, 0.5) is 0 Å². The molecule has 2 heterocycles. The molecule has 4 rings (SSSR count). The second kappa shape index (κ2) is 6.21. The largest absolute Gasteiger partial charge is 0.220 e. The van der Waals surface area contributed by atoms with Crippen LogP contribution in [0.25, 0.3) is 32.1 Å². The summed E-state index contributed by atoms with van der Waals surface area (Å²) in [6, 6.07) is 16.1. The first-order valence-electron chi connectivity index (χ1n) is 9.21. The number of benzene rings is 2. The van der Waals surface area contributed by atoms with Crippen molar-refractivity contribution < 1.29 is 4.57 Å². The van der Waals surface area contributed by atoms with Crippen LogP contribution in [-0.2, 0) is 13.5 Å². The molecule has 0 aliphatic carbocycles. The molecule has 4 aromatic rings. The Hall–Kier alpha value is -2.19. The maximum Gasteiger partial charge on any atom is 0.220 e. The summed E-state index contributed by atoms with van der Waals surface area (Å²) >= 11 is 1.82. The van der Waals surface area contributed by atoms with Gasteiger partial charge in [-0.05, 0) is 70.3 Å². The van der Waals surface area contributed by atoms with Crippen molar-refractivity contribution in [3.05, 3.63) is 65.2 Å². The smallest absolute Gasteiger partial charge is 0.200 e. The fourth-order valence-electron chi connectivity index (χ4n) is 3.86. The van der Waals surface area contributed by atoms with Gasteiger partial charge in [-0.1, -0.05) is 32.9 Å². The summed E-state index contributed by atoms with van der Waals surface area (Å²) in [7, 11) is 2.15. The summed E-state index contributed by atoms with van der Waals surface area (Å²) in [5, 5.41) is 6.17. The van der Waals surface area contributed by atoms with Gasteiger partial charge in [0.15, 0.2) is 6.20 Å². The lowest BCUT2D eigenvalue weighted by atomic mass is 9.87. The number of pyridine rings is 1. The highest BCUT2D eigenvalue weighted by Crippen LogP contribution is 2.33. The average Bonchev–Trinajstić information content (AvgIpc) is 3.00. The maximum atomic E-state index is 2.36. The van der Waals surface area contributed by atoms with E-state index in [0.29, 0.717) is 5.41 Å². The van der Waals surface area contributed by atoms with E-state index in [1.165, 1.54) is 43.2 Å². The fraction of sp³-hybridized carbons (Fsp3) is 0.292. The third-order valence-corrected chi connectivity index (χ3v) is 5.87. The standard InChI is InChI=1S/C24H26NS/c1-16-12-19-9-11-26-22(19)14-21(16)23-20-7-6-17(15-24(2,3)4)13-18(20)8-10-25(23)5/h6-14H,15H2,1-5H3/q+1. The summed E-state index contributed by atoms with van der Waals surface area (Å²) in [6.07, 6.45) is 3.29. The van der Waals surface area contributed by atoms with Crippen LogP contribution in [0.1, 0.15) is 31.9 Å². The molecule has 26 heavy (non-hydrogen) atoms. The average molecular weight is 361 g/mol. The Labute approximate surface area is 159 Å². The van der Waals surface area contributed by atoms with Crippen molar-refractivity contribution in [3.63, 3.8) is 0 Å². The zero-order chi connectivity index (χ0) is 18.5. The van der Waals surface area contributed by atoms with E-state index < -0.39 is 0 Å². The van der Waals surface area contributed by atoms with E-state index in [-0.39, 0.29) is 0 Å². The van der Waals surface area contributed by atoms with Crippen molar-refractivity contribution in [2.24, 2.45) is 12.5 Å². The number of aromatic nitrogens is 1. The van der Waals surface area contributed by atoms with Gasteiger partial charge in [-0.2, -0.15) is 0 Å². The highest BCUT2D eigenvalue weighted by molar-refractivity contribution is 7.17. The van der Waals surface area contributed by atoms with Gasteiger partial charge >= 0.3 is 0 Å². The van der Waals surface area contributed by atoms with E-state index in [2.05, 4.69) is 93.4 Å². The molecule has 1 nitrogen and oxygen atoms in total. The molecule has 0 spiro atoms. The third kappa shape index (κ3) is 3.14. The first kappa shape index (κ1) is 17.2. The third-order valence-electron chi connectivity index (χ3n) is 4.99. The quantitative estimate of drug-likeness (QED) is 0.362. The molecule has 132 valence electrons. The Bertz CT molecular complexity index is 1110. The van der Waals surface area contributed by atoms with Crippen LogP contribution in [-0.4, -0.2) is 0 Å². The van der Waals surface area contributed by atoms with E-state index in [1.807, 2.05) is 11.3 Å². The predicted octanol–water partition coefficient (Wildman–Crippen LogP) is 6.44. The van der Waals surface area contributed by atoms with Gasteiger partial charge in [0.05, 0.1) is 10.9 Å². The molecule has 0 fully saturated rings. The molecule has 0 amide bonds. The van der Waals surface area contributed by atoms with E-state index >= 15 is 0 Å². The number of hydrogen-bond acceptors (Lipinski definition) is 1. The molecule has 0 bridgehead atoms. The van der Waals surface area contributed by atoms with Crippen LogP contribution >= 0.6 is 11.3 Å². The van der Waals surface area contributed by atoms with Crippen LogP contribution in [0.5, 0.6) is 0 Å². The van der Waals surface area contributed by atoms with Crippen molar-refractivity contribution in [2.45, 2.75) is 34.1 Å². The Morgan fingerprint density at radius 1 is 0.962 bits per heavy atom. The minimum atomic E-state index is 0.302. The number of thiophene rings is 1. The minimum Gasteiger partial charge on any atom is -0.200 e. The van der Waals surface area contributed by atoms with Crippen LogP contribution in [0, 0.1) is 12.3 Å². The SMILES string of the molecule is Cc1cc2ccsc2cc1-c1c2ccc(CC(C)(C)C)cc2cc[n+]1C. The molecule has 0 N–H and O–H groups in total. The minimum absolute atomic E-state index is 0.302. The van der Waals surface area contributed by atoms with Crippen LogP contribution in [0.15, 0.2) is 54.0 Å².